The highest BCUT2D eigenvalue weighted by Gasteiger charge is 2.51. The van der Waals surface area contributed by atoms with E-state index in [-0.39, 0.29) is 23.6 Å². The molecule has 1 fully saturated rings. The fourth-order valence-corrected chi connectivity index (χ4v) is 3.20. The molecule has 0 spiro atoms. The second-order valence-electron chi connectivity index (χ2n) is 7.85. The number of hydrogen-bond donors (Lipinski definition) is 1. The van der Waals surface area contributed by atoms with Crippen LogP contribution in [0.4, 0.5) is 0 Å². The Balaban J connectivity index is 2.00. The van der Waals surface area contributed by atoms with Gasteiger partial charge in [-0.2, -0.15) is 0 Å². The van der Waals surface area contributed by atoms with Gasteiger partial charge in [-0.1, -0.05) is 31.2 Å². The van der Waals surface area contributed by atoms with Crippen LogP contribution in [0.25, 0.3) is 0 Å². The van der Waals surface area contributed by atoms with Gasteiger partial charge in [0.15, 0.2) is 0 Å². The molecule has 24 heavy (non-hydrogen) atoms. The lowest BCUT2D eigenvalue weighted by Gasteiger charge is -2.32. The first-order chi connectivity index (χ1) is 11.0. The Morgan fingerprint density at radius 3 is 2.00 bits per heavy atom. The molecule has 0 saturated carbocycles. The molecular weight excluding hydrogens is 321 g/mol. The maximum atomic E-state index is 11.8. The van der Waals surface area contributed by atoms with Crippen molar-refractivity contribution in [1.82, 2.24) is 4.72 Å². The molecular formula is C18H30BNO3S. The van der Waals surface area contributed by atoms with Crippen molar-refractivity contribution in [3.63, 3.8) is 0 Å². The highest BCUT2D eigenvalue weighted by molar-refractivity contribution is 7.83. The summed E-state index contributed by atoms with van der Waals surface area (Å²) in [6.45, 7) is 15.0. The first kappa shape index (κ1) is 19.6. The smallest absolute Gasteiger partial charge is 0.399 e. The minimum absolute atomic E-state index is 0.128. The van der Waals surface area contributed by atoms with Crippen molar-refractivity contribution in [2.75, 3.05) is 6.54 Å². The molecule has 1 saturated heterocycles. The van der Waals surface area contributed by atoms with Gasteiger partial charge in [-0.05, 0) is 58.5 Å². The normalized spacial score (nSPS) is 21.9. The molecule has 0 radical (unpaired) electrons. The Bertz CT molecular complexity index is 570. The second-order valence-corrected chi connectivity index (χ2v) is 9.68. The van der Waals surface area contributed by atoms with Crippen molar-refractivity contribution in [2.24, 2.45) is 0 Å². The zero-order valence-corrected chi connectivity index (χ0v) is 16.7. The van der Waals surface area contributed by atoms with E-state index in [1.807, 2.05) is 13.8 Å². The van der Waals surface area contributed by atoms with Gasteiger partial charge in [0.2, 0.25) is 0 Å². The largest absolute Gasteiger partial charge is 0.494 e. The first-order valence-corrected chi connectivity index (χ1v) is 9.84. The molecule has 1 unspecified atom stereocenters. The molecule has 1 aromatic carbocycles. The lowest BCUT2D eigenvalue weighted by Crippen LogP contribution is -2.41. The third-order valence-corrected chi connectivity index (χ3v) is 6.30. The van der Waals surface area contributed by atoms with Gasteiger partial charge in [0.25, 0.3) is 0 Å². The fourth-order valence-electron chi connectivity index (χ4n) is 2.45. The third kappa shape index (κ3) is 4.28. The van der Waals surface area contributed by atoms with Crippen LogP contribution in [0, 0.1) is 0 Å². The third-order valence-electron chi connectivity index (χ3n) is 4.99. The molecule has 0 amide bonds. The molecule has 2 rings (SSSR count). The Morgan fingerprint density at radius 2 is 1.54 bits per heavy atom. The Labute approximate surface area is 149 Å². The Hall–Kier alpha value is -0.685. The Kier molecular flexibility index (Phi) is 5.96. The van der Waals surface area contributed by atoms with E-state index in [9.17, 15) is 4.21 Å². The number of rotatable bonds is 6. The molecule has 1 N–H and O–H groups in total. The lowest BCUT2D eigenvalue weighted by atomic mass is 9.78. The van der Waals surface area contributed by atoms with Crippen molar-refractivity contribution in [1.29, 1.82) is 0 Å². The molecule has 1 aromatic rings. The SMILES string of the molecule is CC(C)S(=O)NC[C@H](C)c1ccc(B2OC(C)(C)C(C)(C)O2)cc1. The van der Waals surface area contributed by atoms with Crippen molar-refractivity contribution < 1.29 is 13.5 Å². The van der Waals surface area contributed by atoms with Crippen molar-refractivity contribution in [3.8, 4) is 0 Å². The van der Waals surface area contributed by atoms with E-state index in [1.165, 1.54) is 5.56 Å². The maximum Gasteiger partial charge on any atom is 0.494 e. The van der Waals surface area contributed by atoms with Gasteiger partial charge < -0.3 is 9.31 Å². The quantitative estimate of drug-likeness (QED) is 0.802. The van der Waals surface area contributed by atoms with E-state index in [0.717, 1.165) is 5.46 Å². The molecule has 134 valence electrons. The molecule has 4 nitrogen and oxygen atoms in total. The van der Waals surface area contributed by atoms with E-state index in [4.69, 9.17) is 9.31 Å². The van der Waals surface area contributed by atoms with Gasteiger partial charge in [0, 0.05) is 11.8 Å². The molecule has 0 aromatic heterocycles. The van der Waals surface area contributed by atoms with Gasteiger partial charge in [-0.15, -0.1) is 0 Å². The van der Waals surface area contributed by atoms with Gasteiger partial charge in [-0.25, -0.2) is 8.93 Å². The highest BCUT2D eigenvalue weighted by Crippen LogP contribution is 2.36. The van der Waals surface area contributed by atoms with Crippen LogP contribution < -0.4 is 10.2 Å². The summed E-state index contributed by atoms with van der Waals surface area (Å²) < 4.78 is 27.1. The van der Waals surface area contributed by atoms with E-state index in [2.05, 4.69) is 63.6 Å². The summed E-state index contributed by atoms with van der Waals surface area (Å²) in [5, 5.41) is 0.128. The summed E-state index contributed by atoms with van der Waals surface area (Å²) in [5.74, 6) is 0.292. The fraction of sp³-hybridized carbons (Fsp3) is 0.667. The summed E-state index contributed by atoms with van der Waals surface area (Å²) in [5.41, 5.74) is 1.59. The Morgan fingerprint density at radius 1 is 1.04 bits per heavy atom. The predicted molar refractivity (Wildman–Crippen MR) is 102 cm³/mol. The number of nitrogens with one attached hydrogen (secondary N) is 1. The average molecular weight is 351 g/mol. The van der Waals surface area contributed by atoms with Crippen LogP contribution in [0.1, 0.15) is 59.9 Å². The van der Waals surface area contributed by atoms with Gasteiger partial charge in [0.05, 0.1) is 22.2 Å². The highest BCUT2D eigenvalue weighted by atomic mass is 32.2. The van der Waals surface area contributed by atoms with E-state index >= 15 is 0 Å². The molecule has 0 aliphatic carbocycles. The molecule has 0 bridgehead atoms. The summed E-state index contributed by atoms with van der Waals surface area (Å²) in [6, 6.07) is 8.33. The summed E-state index contributed by atoms with van der Waals surface area (Å²) >= 11 is 0. The van der Waals surface area contributed by atoms with Crippen LogP contribution in [0.15, 0.2) is 24.3 Å². The van der Waals surface area contributed by atoms with Crippen LogP contribution >= 0.6 is 0 Å². The van der Waals surface area contributed by atoms with E-state index in [0.29, 0.717) is 12.5 Å². The van der Waals surface area contributed by atoms with Crippen molar-refractivity contribution in [2.45, 2.75) is 70.8 Å². The number of hydrogen-bond acceptors (Lipinski definition) is 3. The first-order valence-electron chi connectivity index (χ1n) is 8.63. The van der Waals surface area contributed by atoms with Crippen LogP contribution in [0.3, 0.4) is 0 Å². The molecule has 1 heterocycles. The minimum atomic E-state index is -0.980. The molecule has 2 atom stereocenters. The van der Waals surface area contributed by atoms with Crippen molar-refractivity contribution in [3.05, 3.63) is 29.8 Å². The summed E-state index contributed by atoms with van der Waals surface area (Å²) in [4.78, 5) is 0. The summed E-state index contributed by atoms with van der Waals surface area (Å²) in [7, 11) is -1.31. The zero-order valence-electron chi connectivity index (χ0n) is 15.9. The van der Waals surface area contributed by atoms with Crippen molar-refractivity contribution >= 4 is 23.6 Å². The van der Waals surface area contributed by atoms with Crippen LogP contribution in [-0.4, -0.2) is 34.3 Å². The summed E-state index contributed by atoms with van der Waals surface area (Å²) in [6.07, 6.45) is 0. The monoisotopic (exact) mass is 351 g/mol. The topological polar surface area (TPSA) is 47.6 Å². The molecule has 1 aliphatic heterocycles. The standard InChI is InChI=1S/C18H30BNO3S/c1-13(2)24(21)20-12-14(3)15-8-10-16(11-9-15)19-22-17(4,5)18(6,7)23-19/h8-11,13-14,20H,12H2,1-7H3/t14-,24?/m0/s1. The predicted octanol–water partition coefficient (Wildman–Crippen LogP) is 2.75. The van der Waals surface area contributed by atoms with Gasteiger partial charge in [0.1, 0.15) is 0 Å². The lowest BCUT2D eigenvalue weighted by molar-refractivity contribution is 0.00578. The van der Waals surface area contributed by atoms with Gasteiger partial charge in [-0.3, -0.25) is 0 Å². The maximum absolute atomic E-state index is 11.8. The second kappa shape index (κ2) is 7.28. The van der Waals surface area contributed by atoms with Crippen LogP contribution in [0.2, 0.25) is 0 Å². The molecule has 6 heteroatoms. The van der Waals surface area contributed by atoms with E-state index in [1.54, 1.807) is 0 Å². The zero-order chi connectivity index (χ0) is 18.1. The van der Waals surface area contributed by atoms with Gasteiger partial charge >= 0.3 is 7.12 Å². The van der Waals surface area contributed by atoms with Crippen LogP contribution in [-0.2, 0) is 20.3 Å². The van der Waals surface area contributed by atoms with E-state index < -0.39 is 11.0 Å². The van der Waals surface area contributed by atoms with Crippen LogP contribution in [0.5, 0.6) is 0 Å². The average Bonchev–Trinajstić information content (AvgIpc) is 2.72. The minimum Gasteiger partial charge on any atom is -0.399 e. The number of benzene rings is 1. The molecule has 1 aliphatic rings.